The second-order valence-electron chi connectivity index (χ2n) is 7.58. The molecule has 3 aromatic rings. The molecule has 0 bridgehead atoms. The number of aromatic nitrogens is 3. The molecule has 1 amide bonds. The van der Waals surface area contributed by atoms with Crippen molar-refractivity contribution in [3.63, 3.8) is 0 Å². The normalized spacial score (nSPS) is 13.1. The molecule has 1 radical (unpaired) electrons. The van der Waals surface area contributed by atoms with Crippen LogP contribution in [0, 0.1) is 20.8 Å². The van der Waals surface area contributed by atoms with E-state index in [1.165, 1.54) is 9.47 Å². The lowest BCUT2D eigenvalue weighted by Gasteiger charge is -2.24. The second-order valence-corrected chi connectivity index (χ2v) is 8.92. The summed E-state index contributed by atoms with van der Waals surface area (Å²) in [6.45, 7) is 9.77. The number of nitrogens with zero attached hydrogens (tertiary/aromatic N) is 4. The van der Waals surface area contributed by atoms with Gasteiger partial charge in [0.2, 0.25) is 0 Å². The van der Waals surface area contributed by atoms with E-state index in [1.807, 2.05) is 20.8 Å². The summed E-state index contributed by atoms with van der Waals surface area (Å²) in [5.74, 6) is 1.41. The van der Waals surface area contributed by atoms with Gasteiger partial charge in [-0.2, -0.15) is 4.98 Å². The highest BCUT2D eigenvalue weighted by atomic mass is 32.2. The number of methoxy groups -OCH3 is 2. The van der Waals surface area contributed by atoms with Crippen molar-refractivity contribution in [1.82, 2.24) is 19.4 Å². The molecule has 2 heterocycles. The highest BCUT2D eigenvalue weighted by Crippen LogP contribution is 2.29. The summed E-state index contributed by atoms with van der Waals surface area (Å²) in [5, 5.41) is 0.161. The number of aryl methyl sites for hydroxylation is 1. The number of fused-ring (bicyclic) bond motifs is 1. The molecule has 3 rings (SSSR count). The Balaban J connectivity index is 2.09. The van der Waals surface area contributed by atoms with Gasteiger partial charge in [0.1, 0.15) is 11.5 Å². The molecule has 0 fully saturated rings. The third-order valence-electron chi connectivity index (χ3n) is 5.56. The molecule has 0 saturated heterocycles. The fourth-order valence-electron chi connectivity index (χ4n) is 3.50. The molecule has 32 heavy (non-hydrogen) atoms. The van der Waals surface area contributed by atoms with Crippen LogP contribution in [0.3, 0.4) is 0 Å². The number of benzene rings is 1. The zero-order valence-corrected chi connectivity index (χ0v) is 20.2. The first-order valence-electron chi connectivity index (χ1n) is 10.3. The third-order valence-corrected chi connectivity index (χ3v) is 6.78. The molecule has 9 heteroatoms. The topological polar surface area (TPSA) is 92.5 Å². The van der Waals surface area contributed by atoms with Crippen molar-refractivity contribution in [1.29, 1.82) is 0 Å². The number of carbonyl (C=O) groups is 1. The zero-order valence-electron chi connectivity index (χ0n) is 19.3. The molecule has 1 aromatic carbocycles. The fraction of sp³-hybridized carbons (Fsp3) is 0.391. The predicted molar refractivity (Wildman–Crippen MR) is 125 cm³/mol. The van der Waals surface area contributed by atoms with E-state index in [4.69, 9.17) is 9.47 Å². The van der Waals surface area contributed by atoms with Gasteiger partial charge in [-0.15, -0.1) is 0 Å². The number of imidazole rings is 1. The van der Waals surface area contributed by atoms with E-state index in [1.54, 1.807) is 45.7 Å². The van der Waals surface area contributed by atoms with Gasteiger partial charge in [0, 0.05) is 47.7 Å². The second kappa shape index (κ2) is 9.79. The van der Waals surface area contributed by atoms with Crippen LogP contribution in [0.25, 0.3) is 11.0 Å². The largest absolute Gasteiger partial charge is 0.609 e. The van der Waals surface area contributed by atoms with Crippen LogP contribution in [0.15, 0.2) is 29.6 Å². The van der Waals surface area contributed by atoms with Gasteiger partial charge >= 0.3 is 11.2 Å². The van der Waals surface area contributed by atoms with Crippen molar-refractivity contribution < 1.29 is 18.8 Å². The Morgan fingerprint density at radius 2 is 2.03 bits per heavy atom. The van der Waals surface area contributed by atoms with Crippen LogP contribution in [0.5, 0.6) is 11.5 Å². The molecule has 2 unspecified atom stereocenters. The lowest BCUT2D eigenvalue weighted by molar-refractivity contribution is 0.198. The Hall–Kier alpha value is -2.78. The van der Waals surface area contributed by atoms with E-state index in [-0.39, 0.29) is 23.0 Å². The molecule has 171 valence electrons. The molecule has 0 saturated carbocycles. The van der Waals surface area contributed by atoms with E-state index in [0.29, 0.717) is 34.6 Å². The summed E-state index contributed by atoms with van der Waals surface area (Å²) in [6.07, 6.45) is 2.38. The van der Waals surface area contributed by atoms with E-state index in [9.17, 15) is 9.35 Å². The maximum Gasteiger partial charge on any atom is 0.333 e. The number of hydrogen-bond acceptors (Lipinski definition) is 6. The monoisotopic (exact) mass is 457 g/mol. The molecule has 0 aliphatic rings. The Bertz CT molecular complexity index is 1130. The maximum atomic E-state index is 13.5. The molecule has 0 aliphatic heterocycles. The predicted octanol–water partition coefficient (Wildman–Crippen LogP) is 3.89. The van der Waals surface area contributed by atoms with Gasteiger partial charge in [-0.1, -0.05) is 6.92 Å². The van der Waals surface area contributed by atoms with Gasteiger partial charge in [0.05, 0.1) is 30.9 Å². The van der Waals surface area contributed by atoms with Gasteiger partial charge in [-0.25, -0.2) is 9.36 Å². The smallest absolute Gasteiger partial charge is 0.333 e. The van der Waals surface area contributed by atoms with Crippen LogP contribution < -0.4 is 9.47 Å². The van der Waals surface area contributed by atoms with E-state index in [2.05, 4.69) is 16.9 Å². The first-order valence-corrected chi connectivity index (χ1v) is 11.6. The number of amides is 1. The molecule has 2 aromatic heterocycles. The Morgan fingerprint density at radius 3 is 2.66 bits per heavy atom. The number of hydrogen-bond donors (Lipinski definition) is 0. The fourth-order valence-corrected chi connectivity index (χ4v) is 4.74. The van der Waals surface area contributed by atoms with Crippen molar-refractivity contribution in [2.75, 3.05) is 21.3 Å². The van der Waals surface area contributed by atoms with E-state index >= 15 is 0 Å². The van der Waals surface area contributed by atoms with Crippen molar-refractivity contribution in [3.05, 3.63) is 48.1 Å². The minimum Gasteiger partial charge on any atom is -0.609 e. The van der Waals surface area contributed by atoms with E-state index in [0.717, 1.165) is 11.1 Å². The van der Waals surface area contributed by atoms with Crippen LogP contribution in [0.4, 0.5) is 4.79 Å². The van der Waals surface area contributed by atoms with Gasteiger partial charge in [-0.05, 0) is 39.3 Å². The molecule has 8 nitrogen and oxygen atoms in total. The SMILES string of the molecule is [CH2]C(CC)N(C)C(=O)n1c([S+]([O-])Cc2ncc(C)c(OC)c2C)nc2cc(OC)ccc21. The van der Waals surface area contributed by atoms with Crippen molar-refractivity contribution >= 4 is 28.2 Å². The summed E-state index contributed by atoms with van der Waals surface area (Å²) < 4.78 is 25.7. The maximum absolute atomic E-state index is 13.5. The average Bonchev–Trinajstić information content (AvgIpc) is 3.18. The summed E-state index contributed by atoms with van der Waals surface area (Å²) in [6, 6.07) is 4.65. The highest BCUT2D eigenvalue weighted by Gasteiger charge is 2.30. The zero-order chi connectivity index (χ0) is 23.6. The summed E-state index contributed by atoms with van der Waals surface area (Å²) in [5.41, 5.74) is 3.43. The summed E-state index contributed by atoms with van der Waals surface area (Å²) in [7, 11) is 4.84. The Morgan fingerprint density at radius 1 is 1.31 bits per heavy atom. The van der Waals surface area contributed by atoms with Crippen LogP contribution in [-0.4, -0.2) is 57.3 Å². The van der Waals surface area contributed by atoms with Gasteiger partial charge in [0.15, 0.2) is 5.75 Å². The van der Waals surface area contributed by atoms with Crippen LogP contribution >= 0.6 is 0 Å². The van der Waals surface area contributed by atoms with Crippen LogP contribution in [-0.2, 0) is 16.9 Å². The number of pyridine rings is 1. The number of rotatable bonds is 7. The van der Waals surface area contributed by atoms with Gasteiger partial charge in [-0.3, -0.25) is 4.98 Å². The Kier molecular flexibility index (Phi) is 7.30. The molecular weight excluding hydrogens is 428 g/mol. The van der Waals surface area contributed by atoms with Crippen molar-refractivity contribution in [3.8, 4) is 11.5 Å². The minimum absolute atomic E-state index is 0.0987. The lowest BCUT2D eigenvalue weighted by Crippen LogP contribution is -2.39. The number of ether oxygens (including phenoxy) is 2. The third kappa shape index (κ3) is 4.40. The van der Waals surface area contributed by atoms with E-state index < -0.39 is 11.2 Å². The molecule has 0 spiro atoms. The number of carbonyl (C=O) groups excluding carboxylic acids is 1. The summed E-state index contributed by atoms with van der Waals surface area (Å²) >= 11 is -1.64. The standard InChI is InChI=1S/C23H29N4O4S/c1-8-15(3)26(5)23(28)27-20-10-9-17(30-6)11-18(20)25-22(27)32(29)13-19-16(4)21(31-7)14(2)12-24-19/h9-12,15H,3,8,13H2,1-2,4-7H3. The highest BCUT2D eigenvalue weighted by molar-refractivity contribution is 7.90. The molecular formula is C23H29N4O4S. The first-order chi connectivity index (χ1) is 15.2. The van der Waals surface area contributed by atoms with Crippen LogP contribution in [0.1, 0.15) is 30.2 Å². The van der Waals surface area contributed by atoms with Crippen molar-refractivity contribution in [2.24, 2.45) is 0 Å². The van der Waals surface area contributed by atoms with Crippen molar-refractivity contribution in [2.45, 2.75) is 44.1 Å². The lowest BCUT2D eigenvalue weighted by atomic mass is 10.1. The Labute approximate surface area is 191 Å². The summed E-state index contributed by atoms with van der Waals surface area (Å²) in [4.78, 5) is 23.9. The molecule has 0 aliphatic carbocycles. The van der Waals surface area contributed by atoms with Gasteiger partial charge in [0.25, 0.3) is 0 Å². The molecule has 0 N–H and O–H groups in total. The molecule has 2 atom stereocenters. The van der Waals surface area contributed by atoms with Gasteiger partial charge < -0.3 is 18.9 Å². The first kappa shape index (κ1) is 23.9. The average molecular weight is 458 g/mol. The quantitative estimate of drug-likeness (QED) is 0.500. The van der Waals surface area contributed by atoms with Crippen LogP contribution in [0.2, 0.25) is 0 Å². The minimum atomic E-state index is -1.64.